The molecule has 6 aromatic rings. The number of nitrogens with two attached hydrogens (primary N) is 1. The second kappa shape index (κ2) is 24.7. The molecule has 0 unspecified atom stereocenters. The number of hydrogen-bond donors (Lipinski definition) is 2. The van der Waals surface area contributed by atoms with Gasteiger partial charge in [-0.3, -0.25) is 9.13 Å². The lowest BCUT2D eigenvalue weighted by molar-refractivity contribution is 0.116. The van der Waals surface area contributed by atoms with Crippen LogP contribution in [0, 0.1) is 5.92 Å². The lowest BCUT2D eigenvalue weighted by Crippen LogP contribution is -2.47. The molecule has 0 aromatic heterocycles. The summed E-state index contributed by atoms with van der Waals surface area (Å²) in [7, 11) is -11.6. The Balaban J connectivity index is 1.04. The van der Waals surface area contributed by atoms with Gasteiger partial charge in [-0.05, 0) is 76.6 Å². The van der Waals surface area contributed by atoms with Gasteiger partial charge in [0, 0.05) is 19.1 Å². The number of aliphatic hydroxyl groups is 1. The molecule has 0 bridgehead atoms. The van der Waals surface area contributed by atoms with Crippen LogP contribution in [0.3, 0.4) is 0 Å². The number of rotatable bonds is 27. The molecule has 0 saturated heterocycles. The lowest BCUT2D eigenvalue weighted by atomic mass is 10.0. The summed E-state index contributed by atoms with van der Waals surface area (Å²) < 4.78 is 92.1. The summed E-state index contributed by atoms with van der Waals surface area (Å²) in [4.78, 5) is -0.0174. The molecule has 0 fully saturated rings. The molecule has 0 aliphatic carbocycles. The largest absolute Gasteiger partial charge is 0.481 e. The minimum Gasteiger partial charge on any atom is -0.481 e. The van der Waals surface area contributed by atoms with Crippen molar-refractivity contribution in [2.45, 2.75) is 63.7 Å². The summed E-state index contributed by atoms with van der Waals surface area (Å²) in [6.07, 6.45) is -1.71. The minimum absolute atomic E-state index is 0.0174. The standard InChI is InChI=1S/C50H58N2O11P2S/c1-40(2)32-52(66(56,57)48-29-27-47(28-30-48)59-39-65(55,62-36-44-19-11-5-12-20-44)63-37-45-21-13-6-14-22-45)33-50(53)49(51)31-41-23-25-46(26-24-41)58-38-64(54,60-34-42-15-7-3-8-16-42)61-35-43-17-9-4-10-18-43/h3-30,40,49-50,53H,31-39,51H2,1-2H3/t49-,50+/m0/s1. The van der Waals surface area contributed by atoms with E-state index in [1.165, 1.54) is 28.6 Å². The molecule has 66 heavy (non-hydrogen) atoms. The van der Waals surface area contributed by atoms with Gasteiger partial charge in [0.15, 0.2) is 12.7 Å². The van der Waals surface area contributed by atoms with Crippen LogP contribution in [0.2, 0.25) is 0 Å². The zero-order valence-corrected chi connectivity index (χ0v) is 39.7. The normalized spacial score (nSPS) is 13.1. The van der Waals surface area contributed by atoms with Crippen molar-refractivity contribution in [2.75, 3.05) is 25.8 Å². The van der Waals surface area contributed by atoms with Crippen molar-refractivity contribution >= 4 is 25.2 Å². The first-order chi connectivity index (χ1) is 31.8. The molecule has 6 rings (SSSR count). The van der Waals surface area contributed by atoms with Gasteiger partial charge in [-0.15, -0.1) is 0 Å². The molecule has 0 amide bonds. The zero-order chi connectivity index (χ0) is 46.8. The topological polar surface area (TPSA) is 173 Å². The van der Waals surface area contributed by atoms with E-state index in [1.54, 1.807) is 24.3 Å². The molecule has 2 atom stereocenters. The van der Waals surface area contributed by atoms with Crippen LogP contribution in [0.1, 0.15) is 41.7 Å². The molecular formula is C50H58N2O11P2S. The Morgan fingerprint density at radius 3 is 1.21 bits per heavy atom. The maximum absolute atomic E-state index is 14.0. The fourth-order valence-electron chi connectivity index (χ4n) is 6.53. The van der Waals surface area contributed by atoms with Gasteiger partial charge in [-0.25, -0.2) is 8.42 Å². The lowest BCUT2D eigenvalue weighted by Gasteiger charge is -2.29. The van der Waals surface area contributed by atoms with Gasteiger partial charge in [0.2, 0.25) is 10.0 Å². The summed E-state index contributed by atoms with van der Waals surface area (Å²) in [6, 6.07) is 49.2. The third kappa shape index (κ3) is 16.1. The van der Waals surface area contributed by atoms with Gasteiger partial charge >= 0.3 is 15.2 Å². The van der Waals surface area contributed by atoms with E-state index < -0.39 is 43.7 Å². The summed E-state index contributed by atoms with van der Waals surface area (Å²) in [5.74, 6) is 0.616. The van der Waals surface area contributed by atoms with Crippen LogP contribution in [-0.2, 0) is 70.1 Å². The van der Waals surface area contributed by atoms with Crippen LogP contribution in [-0.4, -0.2) is 55.8 Å². The highest BCUT2D eigenvalue weighted by Crippen LogP contribution is 2.51. The van der Waals surface area contributed by atoms with E-state index in [-0.39, 0.29) is 68.8 Å². The molecule has 0 saturated carbocycles. The van der Waals surface area contributed by atoms with E-state index >= 15 is 0 Å². The van der Waals surface area contributed by atoms with Crippen molar-refractivity contribution < 1.29 is 50.2 Å². The van der Waals surface area contributed by atoms with E-state index in [2.05, 4.69) is 0 Å². The fraction of sp³-hybridized carbons (Fsp3) is 0.280. The monoisotopic (exact) mass is 956 g/mol. The third-order valence-electron chi connectivity index (χ3n) is 10.2. The van der Waals surface area contributed by atoms with Crippen LogP contribution in [0.25, 0.3) is 0 Å². The van der Waals surface area contributed by atoms with Crippen molar-refractivity contribution in [3.8, 4) is 11.5 Å². The Morgan fingerprint density at radius 1 is 0.515 bits per heavy atom. The van der Waals surface area contributed by atoms with Crippen LogP contribution in [0.5, 0.6) is 11.5 Å². The zero-order valence-electron chi connectivity index (χ0n) is 37.1. The Morgan fingerprint density at radius 2 is 0.864 bits per heavy atom. The maximum Gasteiger partial charge on any atom is 0.368 e. The van der Waals surface area contributed by atoms with Gasteiger partial charge in [-0.1, -0.05) is 147 Å². The number of benzene rings is 6. The van der Waals surface area contributed by atoms with E-state index in [0.717, 1.165) is 27.8 Å². The summed E-state index contributed by atoms with van der Waals surface area (Å²) >= 11 is 0. The van der Waals surface area contributed by atoms with Gasteiger partial charge in [0.1, 0.15) is 11.5 Å². The van der Waals surface area contributed by atoms with E-state index in [9.17, 15) is 22.7 Å². The average Bonchev–Trinajstić information content (AvgIpc) is 3.34. The number of aliphatic hydroxyl groups excluding tert-OH is 1. The van der Waals surface area contributed by atoms with Crippen LogP contribution >= 0.6 is 15.2 Å². The summed E-state index contributed by atoms with van der Waals surface area (Å²) in [6.45, 7) is 3.90. The van der Waals surface area contributed by atoms with Gasteiger partial charge < -0.3 is 38.4 Å². The second-order valence-electron chi connectivity index (χ2n) is 16.1. The van der Waals surface area contributed by atoms with Gasteiger partial charge in [0.05, 0.1) is 37.4 Å². The summed E-state index contributed by atoms with van der Waals surface area (Å²) in [5, 5.41) is 11.3. The Bertz CT molecular complexity index is 2460. The first kappa shape index (κ1) is 50.5. The van der Waals surface area contributed by atoms with Gasteiger partial charge in [-0.2, -0.15) is 4.31 Å². The van der Waals surface area contributed by atoms with Crippen molar-refractivity contribution in [3.05, 3.63) is 198 Å². The quantitative estimate of drug-likeness (QED) is 0.0469. The second-order valence-corrected chi connectivity index (χ2v) is 22.0. The molecule has 0 aliphatic rings. The van der Waals surface area contributed by atoms with Crippen LogP contribution < -0.4 is 15.2 Å². The van der Waals surface area contributed by atoms with Crippen LogP contribution in [0.15, 0.2) is 175 Å². The van der Waals surface area contributed by atoms with E-state index in [1.807, 2.05) is 135 Å². The summed E-state index contributed by atoms with van der Waals surface area (Å²) in [5.41, 5.74) is 10.6. The van der Waals surface area contributed by atoms with Crippen molar-refractivity contribution in [1.29, 1.82) is 0 Å². The molecule has 350 valence electrons. The SMILES string of the molecule is CC(C)CN(C[C@@H](O)[C@@H](N)Cc1ccc(OCP(=O)(OCc2ccccc2)OCc2ccccc2)cc1)S(=O)(=O)c1ccc(OCP(=O)(OCc2ccccc2)OCc2ccccc2)cc1. The first-order valence-electron chi connectivity index (χ1n) is 21.6. The average molecular weight is 957 g/mol. The number of ether oxygens (including phenoxy) is 2. The highest BCUT2D eigenvalue weighted by Gasteiger charge is 2.31. The predicted octanol–water partition coefficient (Wildman–Crippen LogP) is 10.2. The van der Waals surface area contributed by atoms with Crippen LogP contribution in [0.4, 0.5) is 0 Å². The number of nitrogens with zero attached hydrogens (tertiary/aromatic N) is 1. The van der Waals surface area contributed by atoms with E-state index in [4.69, 9.17) is 33.3 Å². The molecule has 16 heteroatoms. The molecule has 13 nitrogen and oxygen atoms in total. The fourth-order valence-corrected chi connectivity index (χ4v) is 10.6. The number of sulfonamides is 1. The van der Waals surface area contributed by atoms with E-state index in [0.29, 0.717) is 5.75 Å². The predicted molar refractivity (Wildman–Crippen MR) is 255 cm³/mol. The molecule has 6 aromatic carbocycles. The van der Waals surface area contributed by atoms with Crippen molar-refractivity contribution in [2.24, 2.45) is 11.7 Å². The molecule has 0 radical (unpaired) electrons. The Labute approximate surface area is 388 Å². The highest BCUT2D eigenvalue weighted by molar-refractivity contribution is 7.89. The smallest absolute Gasteiger partial charge is 0.368 e. The third-order valence-corrected chi connectivity index (χ3v) is 15.0. The molecule has 0 spiro atoms. The molecule has 3 N–H and O–H groups in total. The molecular weight excluding hydrogens is 899 g/mol. The van der Waals surface area contributed by atoms with Crippen molar-refractivity contribution in [1.82, 2.24) is 4.31 Å². The number of hydrogen-bond acceptors (Lipinski definition) is 12. The molecule has 0 aliphatic heterocycles. The Hall–Kier alpha value is -4.95. The Kier molecular flexibility index (Phi) is 18.9. The van der Waals surface area contributed by atoms with Crippen molar-refractivity contribution in [3.63, 3.8) is 0 Å². The van der Waals surface area contributed by atoms with Gasteiger partial charge in [0.25, 0.3) is 0 Å². The minimum atomic E-state index is -4.10. The maximum atomic E-state index is 14.0. The molecule has 0 heterocycles. The first-order valence-corrected chi connectivity index (χ1v) is 26.5. The highest BCUT2D eigenvalue weighted by atomic mass is 32.2.